The highest BCUT2D eigenvalue weighted by atomic mass is 16.5. The predicted molar refractivity (Wildman–Crippen MR) is 52.9 cm³/mol. The average Bonchev–Trinajstić information content (AvgIpc) is 2.18. The maximum atomic E-state index is 8.44. The first-order valence-corrected chi connectivity index (χ1v) is 4.50. The first kappa shape index (κ1) is 11.9. The summed E-state index contributed by atoms with van der Waals surface area (Å²) in [5.41, 5.74) is 0.917. The molecule has 1 N–H and O–H groups in total. The second-order valence-corrected chi connectivity index (χ2v) is 2.19. The zero-order valence-corrected chi connectivity index (χ0v) is 8.45. The number of pyridine rings is 1. The maximum absolute atomic E-state index is 8.44. The molecule has 0 spiro atoms. The fourth-order valence-corrected chi connectivity index (χ4v) is 0.749. The van der Waals surface area contributed by atoms with Crippen LogP contribution in [-0.2, 0) is 0 Å². The molecule has 0 atom stereocenters. The van der Waals surface area contributed by atoms with Crippen LogP contribution in [0.3, 0.4) is 0 Å². The zero-order chi connectivity index (χ0) is 10.1. The van der Waals surface area contributed by atoms with Crippen molar-refractivity contribution in [2.24, 2.45) is 0 Å². The molecule has 0 bridgehead atoms. The number of hydrogen-bond acceptors (Lipinski definition) is 3. The van der Waals surface area contributed by atoms with E-state index in [1.165, 1.54) is 0 Å². The maximum Gasteiger partial charge on any atom is 0.213 e. The Morgan fingerprint density at radius 3 is 2.62 bits per heavy atom. The van der Waals surface area contributed by atoms with Crippen molar-refractivity contribution in [3.05, 3.63) is 23.9 Å². The Morgan fingerprint density at radius 1 is 1.38 bits per heavy atom. The van der Waals surface area contributed by atoms with Gasteiger partial charge < -0.3 is 9.84 Å². The van der Waals surface area contributed by atoms with E-state index in [0.717, 1.165) is 5.69 Å². The molecular weight excluding hydrogens is 166 g/mol. The average molecular weight is 183 g/mol. The molecule has 3 heteroatoms. The molecule has 0 radical (unpaired) electrons. The summed E-state index contributed by atoms with van der Waals surface area (Å²) in [5.74, 6) is 0.569. The molecule has 1 aromatic rings. The minimum atomic E-state index is 0.0234. The van der Waals surface area contributed by atoms with Gasteiger partial charge in [-0.05, 0) is 13.0 Å². The number of aromatic nitrogens is 1. The number of nitrogens with zero attached hydrogens (tertiary/aromatic N) is 1. The van der Waals surface area contributed by atoms with Crippen molar-refractivity contribution < 1.29 is 9.84 Å². The third-order valence-corrected chi connectivity index (χ3v) is 1.20. The summed E-state index contributed by atoms with van der Waals surface area (Å²) in [6.07, 6.45) is 0. The molecule has 0 aliphatic carbocycles. The lowest BCUT2D eigenvalue weighted by atomic mass is 10.4. The van der Waals surface area contributed by atoms with E-state index in [2.05, 4.69) is 4.98 Å². The van der Waals surface area contributed by atoms with Crippen LogP contribution >= 0.6 is 0 Å². The minimum absolute atomic E-state index is 0.0234. The highest BCUT2D eigenvalue weighted by Gasteiger charge is 1.92. The summed E-state index contributed by atoms with van der Waals surface area (Å²) in [4.78, 5) is 4.08. The Balaban J connectivity index is 0.000000671. The van der Waals surface area contributed by atoms with Crippen LogP contribution < -0.4 is 4.74 Å². The smallest absolute Gasteiger partial charge is 0.213 e. The third-order valence-electron chi connectivity index (χ3n) is 1.20. The highest BCUT2D eigenvalue weighted by Crippen LogP contribution is 2.05. The summed E-state index contributed by atoms with van der Waals surface area (Å²) < 4.78 is 5.07. The molecule has 0 aliphatic heterocycles. The number of aliphatic hydroxyl groups is 1. The van der Waals surface area contributed by atoms with E-state index in [1.54, 1.807) is 6.07 Å². The van der Waals surface area contributed by atoms with Crippen molar-refractivity contribution in [1.82, 2.24) is 4.98 Å². The summed E-state index contributed by atoms with van der Waals surface area (Å²) in [6, 6.07) is 5.53. The van der Waals surface area contributed by atoms with Gasteiger partial charge in [0.15, 0.2) is 0 Å². The predicted octanol–water partition coefficient (Wildman–Crippen LogP) is 1.79. The van der Waals surface area contributed by atoms with Gasteiger partial charge in [-0.3, -0.25) is 0 Å². The van der Waals surface area contributed by atoms with E-state index in [-0.39, 0.29) is 6.61 Å². The normalized spacial score (nSPS) is 8.62. The Hall–Kier alpha value is -1.09. The monoisotopic (exact) mass is 183 g/mol. The van der Waals surface area contributed by atoms with Gasteiger partial charge in [-0.15, -0.1) is 0 Å². The third kappa shape index (κ3) is 5.20. The molecule has 1 heterocycles. The van der Waals surface area contributed by atoms with Gasteiger partial charge in [0.1, 0.15) is 6.61 Å². The fourth-order valence-electron chi connectivity index (χ4n) is 0.749. The van der Waals surface area contributed by atoms with Gasteiger partial charge >= 0.3 is 0 Å². The number of ether oxygens (including phenoxy) is 1. The Kier molecular flexibility index (Phi) is 6.92. The molecule has 1 rings (SSSR count). The SMILES string of the molecule is CC.Cc1cccc(OCCO)n1. The lowest BCUT2D eigenvalue weighted by molar-refractivity contribution is 0.196. The molecule has 0 fully saturated rings. The molecule has 0 amide bonds. The topological polar surface area (TPSA) is 42.4 Å². The van der Waals surface area contributed by atoms with Gasteiger partial charge in [-0.1, -0.05) is 19.9 Å². The quantitative estimate of drug-likeness (QED) is 0.776. The fraction of sp³-hybridized carbons (Fsp3) is 0.500. The Bertz CT molecular complexity index is 226. The standard InChI is InChI=1S/C8H11NO2.C2H6/c1-7-3-2-4-8(9-7)11-6-5-10;1-2/h2-4,10H,5-6H2,1H3;1-2H3. The lowest BCUT2D eigenvalue weighted by Gasteiger charge is -2.02. The van der Waals surface area contributed by atoms with E-state index in [9.17, 15) is 0 Å². The van der Waals surface area contributed by atoms with Crippen LogP contribution in [0.5, 0.6) is 5.88 Å². The van der Waals surface area contributed by atoms with Crippen molar-refractivity contribution >= 4 is 0 Å². The molecule has 0 aromatic carbocycles. The molecule has 0 saturated carbocycles. The van der Waals surface area contributed by atoms with Crippen LogP contribution in [0.15, 0.2) is 18.2 Å². The number of aryl methyl sites for hydroxylation is 1. The summed E-state index contributed by atoms with van der Waals surface area (Å²) in [7, 11) is 0. The van der Waals surface area contributed by atoms with Gasteiger partial charge in [0, 0.05) is 11.8 Å². The van der Waals surface area contributed by atoms with Crippen LogP contribution in [0, 0.1) is 6.92 Å². The first-order chi connectivity index (χ1) is 6.33. The van der Waals surface area contributed by atoms with Crippen LogP contribution in [0.1, 0.15) is 19.5 Å². The molecule has 74 valence electrons. The summed E-state index contributed by atoms with van der Waals surface area (Å²) >= 11 is 0. The number of rotatable bonds is 3. The van der Waals surface area contributed by atoms with Gasteiger partial charge in [0.2, 0.25) is 5.88 Å². The largest absolute Gasteiger partial charge is 0.475 e. The highest BCUT2D eigenvalue weighted by molar-refractivity contribution is 5.14. The molecule has 0 saturated heterocycles. The number of aliphatic hydroxyl groups excluding tert-OH is 1. The van der Waals surface area contributed by atoms with Crippen molar-refractivity contribution in [1.29, 1.82) is 0 Å². The Labute approximate surface area is 79.4 Å². The Morgan fingerprint density at radius 2 is 2.08 bits per heavy atom. The van der Waals surface area contributed by atoms with Gasteiger partial charge in [-0.25, -0.2) is 4.98 Å². The second-order valence-electron chi connectivity index (χ2n) is 2.19. The van der Waals surface area contributed by atoms with Gasteiger partial charge in [-0.2, -0.15) is 0 Å². The zero-order valence-electron chi connectivity index (χ0n) is 8.45. The van der Waals surface area contributed by atoms with E-state index >= 15 is 0 Å². The molecule has 3 nitrogen and oxygen atoms in total. The van der Waals surface area contributed by atoms with E-state index < -0.39 is 0 Å². The van der Waals surface area contributed by atoms with Crippen molar-refractivity contribution in [3.63, 3.8) is 0 Å². The first-order valence-electron chi connectivity index (χ1n) is 4.50. The van der Waals surface area contributed by atoms with Crippen LogP contribution in [-0.4, -0.2) is 23.3 Å². The summed E-state index contributed by atoms with van der Waals surface area (Å²) in [5, 5.41) is 8.44. The number of hydrogen-bond donors (Lipinski definition) is 1. The van der Waals surface area contributed by atoms with Crippen LogP contribution in [0.4, 0.5) is 0 Å². The van der Waals surface area contributed by atoms with Crippen LogP contribution in [0.25, 0.3) is 0 Å². The van der Waals surface area contributed by atoms with E-state index in [0.29, 0.717) is 12.5 Å². The lowest BCUT2D eigenvalue weighted by Crippen LogP contribution is -2.03. The van der Waals surface area contributed by atoms with Gasteiger partial charge in [0.05, 0.1) is 6.61 Å². The molecule has 0 aliphatic rings. The van der Waals surface area contributed by atoms with Gasteiger partial charge in [0.25, 0.3) is 0 Å². The molecule has 0 unspecified atom stereocenters. The summed E-state index contributed by atoms with van der Waals surface area (Å²) in [6.45, 7) is 6.22. The second kappa shape index (κ2) is 7.55. The van der Waals surface area contributed by atoms with Crippen LogP contribution in [0.2, 0.25) is 0 Å². The van der Waals surface area contributed by atoms with E-state index in [1.807, 2.05) is 32.9 Å². The van der Waals surface area contributed by atoms with Crippen molar-refractivity contribution in [2.45, 2.75) is 20.8 Å². The van der Waals surface area contributed by atoms with Crippen molar-refractivity contribution in [3.8, 4) is 5.88 Å². The van der Waals surface area contributed by atoms with E-state index in [4.69, 9.17) is 9.84 Å². The molecular formula is C10H17NO2. The molecule has 13 heavy (non-hydrogen) atoms. The molecule has 1 aromatic heterocycles. The minimum Gasteiger partial charge on any atom is -0.475 e. The van der Waals surface area contributed by atoms with Crippen molar-refractivity contribution in [2.75, 3.05) is 13.2 Å².